The van der Waals surface area contributed by atoms with Gasteiger partial charge >= 0.3 is 6.18 Å². The van der Waals surface area contributed by atoms with Gasteiger partial charge in [0.25, 0.3) is 0 Å². The summed E-state index contributed by atoms with van der Waals surface area (Å²) in [6.45, 7) is 0. The van der Waals surface area contributed by atoms with E-state index in [0.717, 1.165) is 18.2 Å². The molecule has 0 aromatic heterocycles. The Morgan fingerprint density at radius 2 is 1.83 bits per heavy atom. The maximum absolute atomic E-state index is 12.6. The summed E-state index contributed by atoms with van der Waals surface area (Å²) in [4.78, 5) is 11.8. The quantitative estimate of drug-likeness (QED) is 0.891. The van der Waals surface area contributed by atoms with Gasteiger partial charge < -0.3 is 5.32 Å². The second-order valence-corrected chi connectivity index (χ2v) is 6.40. The van der Waals surface area contributed by atoms with E-state index < -0.39 is 34.2 Å². The molecule has 0 bridgehead atoms. The molecular formula is C15H11ClF3NO2S. The van der Waals surface area contributed by atoms with Gasteiger partial charge in [-0.3, -0.25) is 9.00 Å². The number of alkyl halides is 3. The first-order valence-corrected chi connectivity index (χ1v) is 8.07. The lowest BCUT2D eigenvalue weighted by molar-refractivity contribution is -0.137. The lowest BCUT2D eigenvalue weighted by atomic mass is 10.2. The number of nitrogens with one attached hydrogen (secondary N) is 1. The van der Waals surface area contributed by atoms with E-state index in [1.807, 2.05) is 0 Å². The number of rotatable bonds is 4. The first kappa shape index (κ1) is 17.5. The Morgan fingerprint density at radius 3 is 2.48 bits per heavy atom. The smallest absolute Gasteiger partial charge is 0.324 e. The SMILES string of the molecule is O=C(C[S@](=O)c1cccc(C(F)(F)F)c1)Nc1ccccc1Cl. The molecule has 1 atom stereocenters. The van der Waals surface area contributed by atoms with Crippen molar-refractivity contribution in [2.45, 2.75) is 11.1 Å². The fraction of sp³-hybridized carbons (Fsp3) is 0.133. The van der Waals surface area contributed by atoms with E-state index in [9.17, 15) is 22.2 Å². The van der Waals surface area contributed by atoms with Crippen molar-refractivity contribution < 1.29 is 22.2 Å². The van der Waals surface area contributed by atoms with Crippen LogP contribution >= 0.6 is 11.6 Å². The van der Waals surface area contributed by atoms with E-state index in [1.165, 1.54) is 6.07 Å². The van der Waals surface area contributed by atoms with E-state index in [0.29, 0.717) is 10.7 Å². The van der Waals surface area contributed by atoms with E-state index in [4.69, 9.17) is 11.6 Å². The average molecular weight is 362 g/mol. The Bertz CT molecular complexity index is 749. The van der Waals surface area contributed by atoms with Crippen LogP contribution in [0.25, 0.3) is 0 Å². The van der Waals surface area contributed by atoms with Gasteiger partial charge in [-0.25, -0.2) is 0 Å². The molecule has 0 fully saturated rings. The molecule has 23 heavy (non-hydrogen) atoms. The third-order valence-corrected chi connectivity index (χ3v) is 4.47. The molecule has 1 amide bonds. The van der Waals surface area contributed by atoms with Crippen molar-refractivity contribution >= 4 is 34.0 Å². The number of benzene rings is 2. The van der Waals surface area contributed by atoms with E-state index in [-0.39, 0.29) is 4.90 Å². The van der Waals surface area contributed by atoms with Gasteiger partial charge in [-0.1, -0.05) is 29.8 Å². The summed E-state index contributed by atoms with van der Waals surface area (Å²) >= 11 is 5.88. The first-order valence-electron chi connectivity index (χ1n) is 6.37. The zero-order valence-electron chi connectivity index (χ0n) is 11.6. The number of anilines is 1. The summed E-state index contributed by atoms with van der Waals surface area (Å²) in [6, 6.07) is 10.6. The van der Waals surface area contributed by atoms with E-state index in [2.05, 4.69) is 5.32 Å². The molecule has 122 valence electrons. The van der Waals surface area contributed by atoms with E-state index in [1.54, 1.807) is 24.3 Å². The van der Waals surface area contributed by atoms with Crippen LogP contribution in [0.1, 0.15) is 5.56 Å². The van der Waals surface area contributed by atoms with Crippen LogP contribution in [0.5, 0.6) is 0 Å². The van der Waals surface area contributed by atoms with Gasteiger partial charge in [0, 0.05) is 4.90 Å². The van der Waals surface area contributed by atoms with Crippen molar-refractivity contribution in [3.8, 4) is 0 Å². The summed E-state index contributed by atoms with van der Waals surface area (Å²) in [5.74, 6) is -1.07. The molecule has 2 aromatic carbocycles. The lowest BCUT2D eigenvalue weighted by Crippen LogP contribution is -2.20. The summed E-state index contributed by atoms with van der Waals surface area (Å²) in [5, 5.41) is 2.78. The first-order chi connectivity index (χ1) is 10.8. The third kappa shape index (κ3) is 4.80. The van der Waals surface area contributed by atoms with Crippen LogP contribution in [0.4, 0.5) is 18.9 Å². The third-order valence-electron chi connectivity index (χ3n) is 2.83. The minimum absolute atomic E-state index is 0.0610. The van der Waals surface area contributed by atoms with Crippen LogP contribution in [0, 0.1) is 0 Å². The van der Waals surface area contributed by atoms with Gasteiger partial charge in [-0.15, -0.1) is 0 Å². The van der Waals surface area contributed by atoms with Crippen molar-refractivity contribution in [2.75, 3.05) is 11.1 Å². The Hall–Kier alpha value is -1.86. The molecule has 8 heteroatoms. The van der Waals surface area contributed by atoms with Crippen LogP contribution in [0.2, 0.25) is 5.02 Å². The topological polar surface area (TPSA) is 46.2 Å². The van der Waals surface area contributed by atoms with Gasteiger partial charge in [0.05, 0.1) is 27.1 Å². The highest BCUT2D eigenvalue weighted by Crippen LogP contribution is 2.30. The number of hydrogen-bond acceptors (Lipinski definition) is 2. The summed E-state index contributed by atoms with van der Waals surface area (Å²) in [7, 11) is -1.89. The lowest BCUT2D eigenvalue weighted by Gasteiger charge is -2.09. The molecule has 0 unspecified atom stereocenters. The number of carbonyl (C=O) groups is 1. The fourth-order valence-electron chi connectivity index (χ4n) is 1.77. The van der Waals surface area contributed by atoms with E-state index >= 15 is 0 Å². The number of hydrogen-bond donors (Lipinski definition) is 1. The monoisotopic (exact) mass is 361 g/mol. The molecular weight excluding hydrogens is 351 g/mol. The molecule has 0 aliphatic heterocycles. The predicted molar refractivity (Wildman–Crippen MR) is 82.8 cm³/mol. The molecule has 0 aliphatic carbocycles. The van der Waals surface area contributed by atoms with Crippen LogP contribution in [0.3, 0.4) is 0 Å². The molecule has 0 saturated carbocycles. The summed E-state index contributed by atoms with van der Waals surface area (Å²) in [6.07, 6.45) is -4.53. The second-order valence-electron chi connectivity index (χ2n) is 4.54. The van der Waals surface area contributed by atoms with Gasteiger partial charge in [0.1, 0.15) is 5.75 Å². The molecule has 0 radical (unpaired) electrons. The average Bonchev–Trinajstić information content (AvgIpc) is 2.49. The van der Waals surface area contributed by atoms with Gasteiger partial charge in [0.2, 0.25) is 5.91 Å². The van der Waals surface area contributed by atoms with Crippen molar-refractivity contribution in [3.63, 3.8) is 0 Å². The minimum atomic E-state index is -4.53. The van der Waals surface area contributed by atoms with Gasteiger partial charge in [0.15, 0.2) is 0 Å². The van der Waals surface area contributed by atoms with Crippen LogP contribution in [-0.4, -0.2) is 15.9 Å². The fourth-order valence-corrected chi connectivity index (χ4v) is 2.91. The van der Waals surface area contributed by atoms with Crippen LogP contribution in [-0.2, 0) is 21.8 Å². The zero-order chi connectivity index (χ0) is 17.0. The van der Waals surface area contributed by atoms with Crippen LogP contribution in [0.15, 0.2) is 53.4 Å². The largest absolute Gasteiger partial charge is 0.416 e. The number of para-hydroxylation sites is 1. The molecule has 0 saturated heterocycles. The standard InChI is InChI=1S/C15H11ClF3NO2S/c16-12-6-1-2-7-13(12)20-14(21)9-23(22)11-5-3-4-10(8-11)15(17,18)19/h1-8H,9H2,(H,20,21)/t23-/m0/s1. The van der Waals surface area contributed by atoms with Gasteiger partial charge in [-0.2, -0.15) is 13.2 Å². The number of halogens is 4. The maximum Gasteiger partial charge on any atom is 0.416 e. The van der Waals surface area contributed by atoms with Crippen molar-refractivity contribution in [3.05, 3.63) is 59.1 Å². The highest BCUT2D eigenvalue weighted by atomic mass is 35.5. The normalized spacial score (nSPS) is 12.7. The molecule has 0 spiro atoms. The Balaban J connectivity index is 2.07. The Labute approximate surface area is 137 Å². The molecule has 2 rings (SSSR count). The number of amides is 1. The zero-order valence-corrected chi connectivity index (χ0v) is 13.1. The molecule has 2 aromatic rings. The molecule has 0 aliphatic rings. The molecule has 0 heterocycles. The Kier molecular flexibility index (Phi) is 5.43. The minimum Gasteiger partial charge on any atom is -0.324 e. The summed E-state index contributed by atoms with van der Waals surface area (Å²) in [5.41, 5.74) is -0.560. The molecule has 3 nitrogen and oxygen atoms in total. The predicted octanol–water partition coefficient (Wildman–Crippen LogP) is 4.11. The van der Waals surface area contributed by atoms with Crippen molar-refractivity contribution in [2.24, 2.45) is 0 Å². The highest BCUT2D eigenvalue weighted by Gasteiger charge is 2.30. The number of carbonyl (C=O) groups excluding carboxylic acids is 1. The van der Waals surface area contributed by atoms with Crippen molar-refractivity contribution in [1.82, 2.24) is 0 Å². The highest BCUT2D eigenvalue weighted by molar-refractivity contribution is 7.85. The van der Waals surface area contributed by atoms with Crippen LogP contribution < -0.4 is 5.32 Å². The summed E-state index contributed by atoms with van der Waals surface area (Å²) < 4.78 is 50.0. The Morgan fingerprint density at radius 1 is 1.13 bits per heavy atom. The second kappa shape index (κ2) is 7.14. The molecule has 1 N–H and O–H groups in total. The maximum atomic E-state index is 12.6. The van der Waals surface area contributed by atoms with Gasteiger partial charge in [-0.05, 0) is 30.3 Å². The van der Waals surface area contributed by atoms with Crippen molar-refractivity contribution in [1.29, 1.82) is 0 Å².